The fraction of sp³-hybridized carbons (Fsp3) is 0.235. The summed E-state index contributed by atoms with van der Waals surface area (Å²) in [5.74, 6) is 0.781. The average molecular weight is 313 g/mol. The van der Waals surface area contributed by atoms with E-state index in [1.807, 2.05) is 19.2 Å². The molecular formula is C17H16FN3O2. The summed E-state index contributed by atoms with van der Waals surface area (Å²) in [5, 5.41) is 10.3. The predicted molar refractivity (Wildman–Crippen MR) is 83.8 cm³/mol. The van der Waals surface area contributed by atoms with E-state index >= 15 is 0 Å². The normalized spacial score (nSPS) is 20.0. The number of imidazole rings is 1. The van der Waals surface area contributed by atoms with Gasteiger partial charge in [-0.25, -0.2) is 9.37 Å². The number of anilines is 1. The van der Waals surface area contributed by atoms with Crippen molar-refractivity contribution in [2.24, 2.45) is 0 Å². The number of pyridine rings is 1. The van der Waals surface area contributed by atoms with Crippen LogP contribution in [0.4, 0.5) is 10.2 Å². The van der Waals surface area contributed by atoms with Gasteiger partial charge in [0, 0.05) is 12.6 Å². The van der Waals surface area contributed by atoms with Gasteiger partial charge in [0.2, 0.25) is 0 Å². The zero-order valence-electron chi connectivity index (χ0n) is 12.5. The number of nitrogens with two attached hydrogens (primary N) is 1. The van der Waals surface area contributed by atoms with Gasteiger partial charge in [-0.2, -0.15) is 0 Å². The molecule has 0 spiro atoms. The Bertz CT molecular complexity index is 906. The highest BCUT2D eigenvalue weighted by Gasteiger charge is 2.33. The Morgan fingerprint density at radius 1 is 1.39 bits per heavy atom. The molecule has 2 aromatic heterocycles. The summed E-state index contributed by atoms with van der Waals surface area (Å²) < 4.78 is 21.1. The standard InChI is InChI=1S/C17H16FN3O2/c1-9-16(19)21-6-2-3-14(17(21)20-9)23-15-12-5-4-11(18)7-10(12)8-13(15)22/h2-7,13,15,22H,8,19H2,1H3. The lowest BCUT2D eigenvalue weighted by atomic mass is 10.1. The molecule has 118 valence electrons. The van der Waals surface area contributed by atoms with E-state index in [0.717, 1.165) is 16.8 Å². The number of halogens is 1. The Morgan fingerprint density at radius 3 is 3.04 bits per heavy atom. The zero-order valence-corrected chi connectivity index (χ0v) is 12.5. The summed E-state index contributed by atoms with van der Waals surface area (Å²) in [7, 11) is 0. The minimum atomic E-state index is -0.722. The second-order valence-electron chi connectivity index (χ2n) is 5.80. The molecule has 5 nitrogen and oxygen atoms in total. The third-order valence-corrected chi connectivity index (χ3v) is 4.28. The number of ether oxygens (including phenoxy) is 1. The number of rotatable bonds is 2. The first-order chi connectivity index (χ1) is 11.0. The lowest BCUT2D eigenvalue weighted by Gasteiger charge is -2.18. The van der Waals surface area contributed by atoms with E-state index in [-0.39, 0.29) is 5.82 Å². The number of fused-ring (bicyclic) bond motifs is 2. The Kier molecular flexibility index (Phi) is 3.02. The van der Waals surface area contributed by atoms with Gasteiger partial charge in [0.05, 0.1) is 11.8 Å². The van der Waals surface area contributed by atoms with Crippen LogP contribution in [0.1, 0.15) is 22.9 Å². The minimum absolute atomic E-state index is 0.310. The number of aliphatic hydroxyl groups is 1. The zero-order chi connectivity index (χ0) is 16.1. The predicted octanol–water partition coefficient (Wildman–Crippen LogP) is 2.40. The minimum Gasteiger partial charge on any atom is -0.479 e. The molecule has 0 bridgehead atoms. The monoisotopic (exact) mass is 313 g/mol. The van der Waals surface area contributed by atoms with Crippen molar-refractivity contribution in [2.45, 2.75) is 25.6 Å². The van der Waals surface area contributed by atoms with Crippen LogP contribution in [0.2, 0.25) is 0 Å². The molecule has 3 N–H and O–H groups in total. The van der Waals surface area contributed by atoms with Crippen LogP contribution in [-0.4, -0.2) is 20.6 Å². The maximum atomic E-state index is 13.3. The molecule has 0 saturated heterocycles. The first kappa shape index (κ1) is 14.0. The molecule has 0 amide bonds. The van der Waals surface area contributed by atoms with Crippen LogP contribution in [-0.2, 0) is 6.42 Å². The maximum Gasteiger partial charge on any atom is 0.181 e. The lowest BCUT2D eigenvalue weighted by Crippen LogP contribution is -2.19. The van der Waals surface area contributed by atoms with Crippen molar-refractivity contribution in [3.05, 3.63) is 59.2 Å². The van der Waals surface area contributed by atoms with Crippen molar-refractivity contribution in [2.75, 3.05) is 5.73 Å². The third kappa shape index (κ3) is 2.14. The van der Waals surface area contributed by atoms with Gasteiger partial charge in [0.1, 0.15) is 11.6 Å². The van der Waals surface area contributed by atoms with Crippen LogP contribution in [0.25, 0.3) is 5.65 Å². The van der Waals surface area contributed by atoms with Crippen molar-refractivity contribution in [3.63, 3.8) is 0 Å². The molecule has 0 fully saturated rings. The van der Waals surface area contributed by atoms with E-state index in [0.29, 0.717) is 23.6 Å². The summed E-state index contributed by atoms with van der Waals surface area (Å²) in [6.45, 7) is 1.83. The first-order valence-electron chi connectivity index (χ1n) is 7.41. The van der Waals surface area contributed by atoms with Crippen molar-refractivity contribution in [1.82, 2.24) is 9.38 Å². The molecule has 6 heteroatoms. The summed E-state index contributed by atoms with van der Waals surface area (Å²) in [6, 6.07) is 8.09. The quantitative estimate of drug-likeness (QED) is 0.762. The molecule has 1 aromatic carbocycles. The van der Waals surface area contributed by atoms with E-state index < -0.39 is 12.2 Å². The van der Waals surface area contributed by atoms with Crippen LogP contribution >= 0.6 is 0 Å². The van der Waals surface area contributed by atoms with Crippen LogP contribution < -0.4 is 10.5 Å². The highest BCUT2D eigenvalue weighted by atomic mass is 19.1. The van der Waals surface area contributed by atoms with E-state index in [4.69, 9.17) is 10.5 Å². The highest BCUT2D eigenvalue weighted by Crippen LogP contribution is 2.37. The molecule has 1 aliphatic carbocycles. The Morgan fingerprint density at radius 2 is 2.22 bits per heavy atom. The molecule has 1 aliphatic rings. The molecule has 0 radical (unpaired) electrons. The topological polar surface area (TPSA) is 72.8 Å². The highest BCUT2D eigenvalue weighted by molar-refractivity contribution is 5.61. The van der Waals surface area contributed by atoms with Crippen molar-refractivity contribution in [3.8, 4) is 5.75 Å². The summed E-state index contributed by atoms with van der Waals surface area (Å²) in [4.78, 5) is 4.42. The summed E-state index contributed by atoms with van der Waals surface area (Å²) in [5.41, 5.74) is 8.88. The fourth-order valence-electron chi connectivity index (χ4n) is 3.11. The molecule has 0 aliphatic heterocycles. The van der Waals surface area contributed by atoms with Gasteiger partial charge >= 0.3 is 0 Å². The van der Waals surface area contributed by atoms with Gasteiger partial charge in [-0.3, -0.25) is 4.40 Å². The van der Waals surface area contributed by atoms with Crippen molar-refractivity contribution in [1.29, 1.82) is 0 Å². The lowest BCUT2D eigenvalue weighted by molar-refractivity contribution is 0.0502. The van der Waals surface area contributed by atoms with Crippen LogP contribution in [0.5, 0.6) is 5.75 Å². The van der Waals surface area contributed by atoms with E-state index in [1.54, 1.807) is 16.5 Å². The SMILES string of the molecule is Cc1nc2c(OC3c4ccc(F)cc4CC3O)cccn2c1N. The number of benzene rings is 1. The van der Waals surface area contributed by atoms with Gasteiger partial charge in [0.15, 0.2) is 17.5 Å². The van der Waals surface area contributed by atoms with E-state index in [1.165, 1.54) is 12.1 Å². The molecule has 2 heterocycles. The fourth-order valence-corrected chi connectivity index (χ4v) is 3.11. The second-order valence-corrected chi connectivity index (χ2v) is 5.80. The van der Waals surface area contributed by atoms with Gasteiger partial charge < -0.3 is 15.6 Å². The molecular weight excluding hydrogens is 297 g/mol. The molecule has 3 aromatic rings. The molecule has 23 heavy (non-hydrogen) atoms. The number of hydrogen-bond donors (Lipinski definition) is 2. The van der Waals surface area contributed by atoms with Crippen molar-refractivity contribution < 1.29 is 14.2 Å². The largest absolute Gasteiger partial charge is 0.479 e. The second kappa shape index (κ2) is 4.96. The van der Waals surface area contributed by atoms with Gasteiger partial charge in [-0.1, -0.05) is 6.07 Å². The molecule has 0 saturated carbocycles. The van der Waals surface area contributed by atoms with Crippen molar-refractivity contribution >= 4 is 11.5 Å². The first-order valence-corrected chi connectivity index (χ1v) is 7.41. The molecule has 2 atom stereocenters. The smallest absolute Gasteiger partial charge is 0.181 e. The summed E-state index contributed by atoms with van der Waals surface area (Å²) in [6.07, 6.45) is 0.915. The Balaban J connectivity index is 1.76. The number of hydrogen-bond acceptors (Lipinski definition) is 4. The summed E-state index contributed by atoms with van der Waals surface area (Å²) >= 11 is 0. The number of aliphatic hydroxyl groups excluding tert-OH is 1. The maximum absolute atomic E-state index is 13.3. The number of aromatic nitrogens is 2. The Hall–Kier alpha value is -2.60. The van der Waals surface area contributed by atoms with Gasteiger partial charge in [0.25, 0.3) is 0 Å². The van der Waals surface area contributed by atoms with E-state index in [2.05, 4.69) is 4.98 Å². The number of aryl methyl sites for hydroxylation is 1. The molecule has 2 unspecified atom stereocenters. The van der Waals surface area contributed by atoms with Crippen LogP contribution in [0.15, 0.2) is 36.5 Å². The molecule has 4 rings (SSSR count). The third-order valence-electron chi connectivity index (χ3n) is 4.28. The van der Waals surface area contributed by atoms with E-state index in [9.17, 15) is 9.50 Å². The van der Waals surface area contributed by atoms with Crippen LogP contribution in [0, 0.1) is 12.7 Å². The Labute approximate surface area is 132 Å². The number of nitrogen functional groups attached to an aromatic ring is 1. The van der Waals surface area contributed by atoms with Gasteiger partial charge in [-0.05, 0) is 42.3 Å². The van der Waals surface area contributed by atoms with Gasteiger partial charge in [-0.15, -0.1) is 0 Å². The average Bonchev–Trinajstić information content (AvgIpc) is 2.98. The van der Waals surface area contributed by atoms with Crippen LogP contribution in [0.3, 0.4) is 0 Å². The number of nitrogens with zero attached hydrogens (tertiary/aromatic N) is 2.